The molecule has 0 aliphatic carbocycles. The minimum atomic E-state index is -3.50. The van der Waals surface area contributed by atoms with Gasteiger partial charge in [0.05, 0.1) is 4.90 Å². The Kier molecular flexibility index (Phi) is 5.91. The van der Waals surface area contributed by atoms with Gasteiger partial charge in [0, 0.05) is 12.6 Å². The van der Waals surface area contributed by atoms with E-state index < -0.39 is 16.0 Å². The number of carbonyl (C=O) groups is 1. The van der Waals surface area contributed by atoms with Gasteiger partial charge < -0.3 is 5.11 Å². The van der Waals surface area contributed by atoms with Gasteiger partial charge in [-0.1, -0.05) is 32.4 Å². The van der Waals surface area contributed by atoms with E-state index in [0.29, 0.717) is 12.1 Å². The fourth-order valence-electron chi connectivity index (χ4n) is 1.41. The van der Waals surface area contributed by atoms with Crippen molar-refractivity contribution in [2.75, 3.05) is 6.54 Å². The molecule has 0 amide bonds. The molecule has 0 saturated carbocycles. The second kappa shape index (κ2) is 7.21. The van der Waals surface area contributed by atoms with Crippen LogP contribution in [0.25, 0.3) is 6.08 Å². The summed E-state index contributed by atoms with van der Waals surface area (Å²) in [5, 5.41) is 8.51. The monoisotopic (exact) mass is 297 g/mol. The molecule has 0 spiro atoms. The molecular formula is C14H19NO4S. The van der Waals surface area contributed by atoms with Gasteiger partial charge in [0.15, 0.2) is 0 Å². The van der Waals surface area contributed by atoms with Crippen molar-refractivity contribution in [1.82, 2.24) is 4.72 Å². The van der Waals surface area contributed by atoms with E-state index in [1.807, 2.05) is 13.8 Å². The Hall–Kier alpha value is -1.66. The molecule has 20 heavy (non-hydrogen) atoms. The van der Waals surface area contributed by atoms with Crippen molar-refractivity contribution in [3.05, 3.63) is 35.9 Å². The van der Waals surface area contributed by atoms with Gasteiger partial charge in [0.2, 0.25) is 10.0 Å². The van der Waals surface area contributed by atoms with Crippen molar-refractivity contribution >= 4 is 22.1 Å². The number of carboxylic acid groups (broad SMARTS) is 1. The van der Waals surface area contributed by atoms with Gasteiger partial charge in [-0.15, -0.1) is 0 Å². The highest BCUT2D eigenvalue weighted by atomic mass is 32.2. The normalized spacial score (nSPS) is 13.5. The first-order valence-corrected chi connectivity index (χ1v) is 7.84. The Labute approximate surface area is 119 Å². The predicted molar refractivity (Wildman–Crippen MR) is 77.8 cm³/mol. The fourth-order valence-corrected chi connectivity index (χ4v) is 2.57. The third-order valence-corrected chi connectivity index (χ3v) is 4.37. The molecule has 1 aromatic carbocycles. The molecule has 0 radical (unpaired) electrons. The molecule has 0 aliphatic heterocycles. The van der Waals surface area contributed by atoms with E-state index in [2.05, 4.69) is 4.72 Å². The molecule has 0 bridgehead atoms. The lowest BCUT2D eigenvalue weighted by Crippen LogP contribution is -2.28. The van der Waals surface area contributed by atoms with Crippen molar-refractivity contribution in [3.8, 4) is 0 Å². The van der Waals surface area contributed by atoms with E-state index in [1.54, 1.807) is 12.1 Å². The molecule has 1 atom stereocenters. The Bertz CT molecular complexity index is 576. The summed E-state index contributed by atoms with van der Waals surface area (Å²) in [5.41, 5.74) is 0.633. The number of benzene rings is 1. The van der Waals surface area contributed by atoms with Gasteiger partial charge in [-0.2, -0.15) is 0 Å². The Morgan fingerprint density at radius 2 is 1.95 bits per heavy atom. The minimum absolute atomic E-state index is 0.174. The summed E-state index contributed by atoms with van der Waals surface area (Å²) in [6, 6.07) is 6.05. The van der Waals surface area contributed by atoms with Crippen LogP contribution in [0.1, 0.15) is 25.8 Å². The highest BCUT2D eigenvalue weighted by Gasteiger charge is 2.14. The number of hydrogen-bond donors (Lipinski definition) is 2. The third kappa shape index (κ3) is 5.14. The van der Waals surface area contributed by atoms with Gasteiger partial charge in [-0.25, -0.2) is 17.9 Å². The summed E-state index contributed by atoms with van der Waals surface area (Å²) in [4.78, 5) is 10.6. The SMILES string of the molecule is CCC(C)CNS(=O)(=O)c1ccc(C=CC(=O)O)cc1. The zero-order valence-electron chi connectivity index (χ0n) is 11.5. The van der Waals surface area contributed by atoms with E-state index in [1.165, 1.54) is 18.2 Å². The summed E-state index contributed by atoms with van der Waals surface area (Å²) >= 11 is 0. The molecule has 0 fully saturated rings. The van der Waals surface area contributed by atoms with Gasteiger partial charge in [-0.3, -0.25) is 0 Å². The van der Waals surface area contributed by atoms with Crippen LogP contribution in [0.3, 0.4) is 0 Å². The predicted octanol–water partition coefficient (Wildman–Crippen LogP) is 2.11. The van der Waals surface area contributed by atoms with Gasteiger partial charge in [-0.05, 0) is 29.7 Å². The molecule has 1 rings (SSSR count). The number of aliphatic carboxylic acids is 1. The van der Waals surface area contributed by atoms with Crippen LogP contribution in [0.15, 0.2) is 35.2 Å². The van der Waals surface area contributed by atoms with Crippen LogP contribution in [-0.2, 0) is 14.8 Å². The Morgan fingerprint density at radius 3 is 2.45 bits per heavy atom. The summed E-state index contributed by atoms with van der Waals surface area (Å²) in [6.45, 7) is 4.38. The fraction of sp³-hybridized carbons (Fsp3) is 0.357. The Balaban J connectivity index is 2.79. The molecule has 110 valence electrons. The van der Waals surface area contributed by atoms with Crippen LogP contribution < -0.4 is 4.72 Å². The zero-order chi connectivity index (χ0) is 15.2. The molecule has 6 heteroatoms. The minimum Gasteiger partial charge on any atom is -0.478 e. The lowest BCUT2D eigenvalue weighted by molar-refractivity contribution is -0.131. The molecule has 1 unspecified atom stereocenters. The number of carboxylic acids is 1. The molecule has 0 aromatic heterocycles. The smallest absolute Gasteiger partial charge is 0.328 e. The molecule has 0 aliphatic rings. The van der Waals surface area contributed by atoms with Crippen LogP contribution >= 0.6 is 0 Å². The van der Waals surface area contributed by atoms with E-state index in [-0.39, 0.29) is 10.8 Å². The van der Waals surface area contributed by atoms with Crippen LogP contribution in [0.5, 0.6) is 0 Å². The lowest BCUT2D eigenvalue weighted by atomic mass is 10.1. The highest BCUT2D eigenvalue weighted by Crippen LogP contribution is 2.12. The van der Waals surface area contributed by atoms with Crippen molar-refractivity contribution in [3.63, 3.8) is 0 Å². The first-order chi connectivity index (χ1) is 9.35. The van der Waals surface area contributed by atoms with E-state index in [9.17, 15) is 13.2 Å². The molecule has 5 nitrogen and oxygen atoms in total. The van der Waals surface area contributed by atoms with Crippen LogP contribution in [0, 0.1) is 5.92 Å². The number of sulfonamides is 1. The molecule has 2 N–H and O–H groups in total. The summed E-state index contributed by atoms with van der Waals surface area (Å²) in [6.07, 6.45) is 3.32. The molecule has 0 saturated heterocycles. The zero-order valence-corrected chi connectivity index (χ0v) is 12.4. The van der Waals surface area contributed by atoms with Crippen molar-refractivity contribution in [2.45, 2.75) is 25.2 Å². The topological polar surface area (TPSA) is 83.5 Å². The number of rotatable bonds is 7. The second-order valence-electron chi connectivity index (χ2n) is 4.61. The van der Waals surface area contributed by atoms with E-state index in [0.717, 1.165) is 12.5 Å². The quantitative estimate of drug-likeness (QED) is 0.755. The maximum atomic E-state index is 12.0. The molecular weight excluding hydrogens is 278 g/mol. The average Bonchev–Trinajstić information content (AvgIpc) is 2.43. The average molecular weight is 297 g/mol. The van der Waals surface area contributed by atoms with E-state index >= 15 is 0 Å². The van der Waals surface area contributed by atoms with Crippen LogP contribution in [0.4, 0.5) is 0 Å². The van der Waals surface area contributed by atoms with Crippen LogP contribution in [-0.4, -0.2) is 26.0 Å². The van der Waals surface area contributed by atoms with Crippen molar-refractivity contribution in [2.24, 2.45) is 5.92 Å². The van der Waals surface area contributed by atoms with Gasteiger partial charge >= 0.3 is 5.97 Å². The first kappa shape index (κ1) is 16.4. The Morgan fingerprint density at radius 1 is 1.35 bits per heavy atom. The second-order valence-corrected chi connectivity index (χ2v) is 6.37. The third-order valence-electron chi connectivity index (χ3n) is 2.93. The van der Waals surface area contributed by atoms with E-state index in [4.69, 9.17) is 5.11 Å². The van der Waals surface area contributed by atoms with Crippen molar-refractivity contribution in [1.29, 1.82) is 0 Å². The molecule has 1 aromatic rings. The number of hydrogen-bond acceptors (Lipinski definition) is 3. The number of nitrogens with one attached hydrogen (secondary N) is 1. The highest BCUT2D eigenvalue weighted by molar-refractivity contribution is 7.89. The van der Waals surface area contributed by atoms with Crippen LogP contribution in [0.2, 0.25) is 0 Å². The van der Waals surface area contributed by atoms with Gasteiger partial charge in [0.1, 0.15) is 0 Å². The van der Waals surface area contributed by atoms with Crippen molar-refractivity contribution < 1.29 is 18.3 Å². The largest absolute Gasteiger partial charge is 0.478 e. The first-order valence-electron chi connectivity index (χ1n) is 6.36. The van der Waals surface area contributed by atoms with Gasteiger partial charge in [0.25, 0.3) is 0 Å². The summed E-state index contributed by atoms with van der Waals surface area (Å²) in [7, 11) is -3.50. The summed E-state index contributed by atoms with van der Waals surface area (Å²) in [5.74, 6) is -0.764. The molecule has 0 heterocycles. The maximum absolute atomic E-state index is 12.0. The standard InChI is InChI=1S/C14H19NO4S/c1-3-11(2)10-15-20(18,19)13-7-4-12(5-8-13)6-9-14(16)17/h4-9,11,15H,3,10H2,1-2H3,(H,16,17). The lowest BCUT2D eigenvalue weighted by Gasteiger charge is -2.10. The maximum Gasteiger partial charge on any atom is 0.328 e. The summed E-state index contributed by atoms with van der Waals surface area (Å²) < 4.78 is 26.6.